The average Bonchev–Trinajstić information content (AvgIpc) is 2.75. The molecule has 0 aliphatic carbocycles. The normalized spacial score (nSPS) is 10.5. The maximum absolute atomic E-state index is 12.7. The van der Waals surface area contributed by atoms with Crippen molar-refractivity contribution in [2.45, 2.75) is 27.3 Å². The number of anilines is 1. The van der Waals surface area contributed by atoms with Crippen molar-refractivity contribution >= 4 is 23.2 Å². The van der Waals surface area contributed by atoms with Crippen molar-refractivity contribution in [3.05, 3.63) is 70.4 Å². The number of benzene rings is 2. The summed E-state index contributed by atoms with van der Waals surface area (Å²) in [4.78, 5) is 18.6. The number of aromatic nitrogens is 1. The summed E-state index contributed by atoms with van der Waals surface area (Å²) in [5.41, 5.74) is 3.36. The molecule has 162 valence electrons. The second-order valence-electron chi connectivity index (χ2n) is 7.04. The third-order valence-corrected chi connectivity index (χ3v) is 5.27. The number of methoxy groups -OCH3 is 2. The Hall–Kier alpha value is -3.25. The molecule has 2 aromatic carbocycles. The third-order valence-electron chi connectivity index (χ3n) is 5.05. The standard InChI is InChI=1S/C24H25ClN2O4/c1-15-7-6-8-21(16(15)2)31-24-20(10-12-23(25)26-24)27(17(3)28)14-18-13-19(29-4)9-11-22(18)30-5/h6-13H,14H2,1-5H3. The number of aryl methyl sites for hydroxylation is 1. The minimum absolute atomic E-state index is 0.181. The predicted octanol–water partition coefficient (Wildman–Crippen LogP) is 5.71. The minimum Gasteiger partial charge on any atom is -0.497 e. The van der Waals surface area contributed by atoms with Crippen LogP contribution in [-0.4, -0.2) is 25.1 Å². The molecule has 0 bridgehead atoms. The number of carbonyl (C=O) groups excluding carboxylic acids is 1. The quantitative estimate of drug-likeness (QED) is 0.440. The summed E-state index contributed by atoms with van der Waals surface area (Å²) in [5.74, 6) is 2.03. The van der Waals surface area contributed by atoms with Gasteiger partial charge in [0, 0.05) is 12.5 Å². The average molecular weight is 441 g/mol. The highest BCUT2D eigenvalue weighted by Gasteiger charge is 2.21. The highest BCUT2D eigenvalue weighted by Crippen LogP contribution is 2.36. The lowest BCUT2D eigenvalue weighted by atomic mass is 10.1. The van der Waals surface area contributed by atoms with Crippen LogP contribution in [0.3, 0.4) is 0 Å². The molecule has 6 nitrogen and oxygen atoms in total. The van der Waals surface area contributed by atoms with Gasteiger partial charge in [-0.15, -0.1) is 0 Å². The SMILES string of the molecule is COc1ccc(OC)c(CN(C(C)=O)c2ccc(Cl)nc2Oc2cccc(C)c2C)c1. The molecule has 1 amide bonds. The van der Waals surface area contributed by atoms with Gasteiger partial charge in [0.25, 0.3) is 0 Å². The van der Waals surface area contributed by atoms with Crippen molar-refractivity contribution in [2.24, 2.45) is 0 Å². The van der Waals surface area contributed by atoms with E-state index in [4.69, 9.17) is 25.8 Å². The zero-order chi connectivity index (χ0) is 22.5. The molecule has 0 saturated heterocycles. The molecule has 0 aliphatic rings. The molecule has 0 radical (unpaired) electrons. The summed E-state index contributed by atoms with van der Waals surface area (Å²) in [6.07, 6.45) is 0. The highest BCUT2D eigenvalue weighted by molar-refractivity contribution is 6.29. The molecule has 3 rings (SSSR count). The van der Waals surface area contributed by atoms with Gasteiger partial charge >= 0.3 is 0 Å². The van der Waals surface area contributed by atoms with E-state index >= 15 is 0 Å². The summed E-state index contributed by atoms with van der Waals surface area (Å²) in [7, 11) is 3.18. The number of ether oxygens (including phenoxy) is 3. The van der Waals surface area contributed by atoms with Crippen LogP contribution in [0.2, 0.25) is 5.15 Å². The summed E-state index contributed by atoms with van der Waals surface area (Å²) in [6.45, 7) is 5.70. The summed E-state index contributed by atoms with van der Waals surface area (Å²) in [5, 5.41) is 0.270. The first-order chi connectivity index (χ1) is 14.8. The van der Waals surface area contributed by atoms with Gasteiger partial charge in [-0.05, 0) is 61.4 Å². The predicted molar refractivity (Wildman–Crippen MR) is 122 cm³/mol. The van der Waals surface area contributed by atoms with E-state index in [1.165, 1.54) is 6.92 Å². The van der Waals surface area contributed by atoms with E-state index in [1.807, 2.05) is 38.1 Å². The van der Waals surface area contributed by atoms with E-state index in [1.54, 1.807) is 43.4 Å². The van der Waals surface area contributed by atoms with Crippen molar-refractivity contribution in [3.63, 3.8) is 0 Å². The van der Waals surface area contributed by atoms with E-state index in [0.29, 0.717) is 22.9 Å². The first-order valence-corrected chi connectivity index (χ1v) is 10.1. The molecule has 0 N–H and O–H groups in total. The fourth-order valence-corrected chi connectivity index (χ4v) is 3.31. The van der Waals surface area contributed by atoms with Crippen molar-refractivity contribution in [1.82, 2.24) is 4.98 Å². The topological polar surface area (TPSA) is 60.9 Å². The van der Waals surface area contributed by atoms with Crippen molar-refractivity contribution in [3.8, 4) is 23.1 Å². The Morgan fingerprint density at radius 3 is 2.48 bits per heavy atom. The van der Waals surface area contributed by atoms with Crippen LogP contribution >= 0.6 is 11.6 Å². The number of carbonyl (C=O) groups is 1. The Labute approximate surface area is 187 Å². The lowest BCUT2D eigenvalue weighted by molar-refractivity contribution is -0.116. The molecule has 1 heterocycles. The molecule has 0 atom stereocenters. The Morgan fingerprint density at radius 2 is 1.81 bits per heavy atom. The lowest BCUT2D eigenvalue weighted by Crippen LogP contribution is -2.28. The van der Waals surface area contributed by atoms with Crippen LogP contribution in [0.5, 0.6) is 23.1 Å². The summed E-state index contributed by atoms with van der Waals surface area (Å²) >= 11 is 6.15. The van der Waals surface area contributed by atoms with Crippen molar-refractivity contribution < 1.29 is 19.0 Å². The largest absolute Gasteiger partial charge is 0.497 e. The van der Waals surface area contributed by atoms with Gasteiger partial charge in [-0.3, -0.25) is 4.79 Å². The van der Waals surface area contributed by atoms with Crippen LogP contribution in [-0.2, 0) is 11.3 Å². The maximum atomic E-state index is 12.7. The minimum atomic E-state index is -0.181. The first-order valence-electron chi connectivity index (χ1n) is 9.73. The van der Waals surface area contributed by atoms with E-state index in [2.05, 4.69) is 4.98 Å². The summed E-state index contributed by atoms with van der Waals surface area (Å²) in [6, 6.07) is 14.6. The fraction of sp³-hybridized carbons (Fsp3) is 0.250. The Bertz CT molecular complexity index is 1100. The van der Waals surface area contributed by atoms with Crippen LogP contribution in [0, 0.1) is 13.8 Å². The van der Waals surface area contributed by atoms with Crippen LogP contribution in [0.1, 0.15) is 23.6 Å². The van der Waals surface area contributed by atoms with Crippen LogP contribution < -0.4 is 19.1 Å². The molecule has 0 spiro atoms. The molecule has 31 heavy (non-hydrogen) atoms. The smallest absolute Gasteiger partial charge is 0.245 e. The van der Waals surface area contributed by atoms with E-state index in [-0.39, 0.29) is 23.5 Å². The van der Waals surface area contributed by atoms with Crippen LogP contribution in [0.25, 0.3) is 0 Å². The fourth-order valence-electron chi connectivity index (χ4n) is 3.17. The van der Waals surface area contributed by atoms with Gasteiger partial charge in [-0.25, -0.2) is 0 Å². The molecule has 0 saturated carbocycles. The molecule has 0 unspecified atom stereocenters. The van der Waals surface area contributed by atoms with Gasteiger partial charge in [0.2, 0.25) is 11.8 Å². The van der Waals surface area contributed by atoms with Gasteiger partial charge in [-0.1, -0.05) is 23.7 Å². The number of pyridine rings is 1. The molecular weight excluding hydrogens is 416 g/mol. The molecular formula is C24H25ClN2O4. The Kier molecular flexibility index (Phi) is 7.02. The number of nitrogens with zero attached hydrogens (tertiary/aromatic N) is 2. The molecule has 0 aliphatic heterocycles. The van der Waals surface area contributed by atoms with Gasteiger partial charge in [-0.2, -0.15) is 4.98 Å². The number of halogens is 1. The maximum Gasteiger partial charge on any atom is 0.245 e. The Balaban J connectivity index is 2.05. The number of hydrogen-bond acceptors (Lipinski definition) is 5. The number of rotatable bonds is 7. The molecule has 3 aromatic rings. The molecule has 0 fully saturated rings. The monoisotopic (exact) mass is 440 g/mol. The second-order valence-corrected chi connectivity index (χ2v) is 7.43. The van der Waals surface area contributed by atoms with Crippen LogP contribution in [0.4, 0.5) is 5.69 Å². The van der Waals surface area contributed by atoms with Gasteiger partial charge in [0.15, 0.2) is 0 Å². The second kappa shape index (κ2) is 9.71. The van der Waals surface area contributed by atoms with E-state index in [0.717, 1.165) is 16.7 Å². The van der Waals surface area contributed by atoms with Gasteiger partial charge < -0.3 is 19.1 Å². The zero-order valence-electron chi connectivity index (χ0n) is 18.2. The zero-order valence-corrected chi connectivity index (χ0v) is 19.0. The van der Waals surface area contributed by atoms with Crippen LogP contribution in [0.15, 0.2) is 48.5 Å². The van der Waals surface area contributed by atoms with Gasteiger partial charge in [0.1, 0.15) is 28.1 Å². The van der Waals surface area contributed by atoms with E-state index < -0.39 is 0 Å². The lowest BCUT2D eigenvalue weighted by Gasteiger charge is -2.24. The molecule has 7 heteroatoms. The summed E-state index contributed by atoms with van der Waals surface area (Å²) < 4.78 is 16.9. The number of hydrogen-bond donors (Lipinski definition) is 0. The highest BCUT2D eigenvalue weighted by atomic mass is 35.5. The van der Waals surface area contributed by atoms with Crippen molar-refractivity contribution in [2.75, 3.05) is 19.1 Å². The third kappa shape index (κ3) is 5.09. The van der Waals surface area contributed by atoms with Gasteiger partial charge in [0.05, 0.1) is 20.8 Å². The van der Waals surface area contributed by atoms with E-state index in [9.17, 15) is 4.79 Å². The first kappa shape index (κ1) is 22.4. The van der Waals surface area contributed by atoms with Crippen molar-refractivity contribution in [1.29, 1.82) is 0 Å². The molecule has 1 aromatic heterocycles. The number of amides is 1. The Morgan fingerprint density at radius 1 is 1.03 bits per heavy atom.